The molecule has 2 rings (SSSR count). The highest BCUT2D eigenvalue weighted by molar-refractivity contribution is 6.68. The van der Waals surface area contributed by atoms with E-state index in [9.17, 15) is 9.18 Å². The summed E-state index contributed by atoms with van der Waals surface area (Å²) < 4.78 is 16.7. The van der Waals surface area contributed by atoms with Gasteiger partial charge in [0.25, 0.3) is 5.91 Å². The third-order valence-corrected chi connectivity index (χ3v) is 3.18. The lowest BCUT2D eigenvalue weighted by atomic mass is 10.3. The Bertz CT molecular complexity index is 614. The Morgan fingerprint density at radius 2 is 1.90 bits per heavy atom. The van der Waals surface area contributed by atoms with Crippen molar-refractivity contribution >= 4 is 46.4 Å². The third kappa shape index (κ3) is 4.27. The summed E-state index contributed by atoms with van der Waals surface area (Å²) >= 11 is 17.4. The van der Waals surface area contributed by atoms with Crippen molar-refractivity contribution in [3.8, 4) is 0 Å². The fourth-order valence-electron chi connectivity index (χ4n) is 1.54. The molecule has 2 N–H and O–H groups in total. The van der Waals surface area contributed by atoms with Crippen LogP contribution in [0.1, 0.15) is 10.6 Å². The second-order valence-corrected chi connectivity index (χ2v) is 6.42. The van der Waals surface area contributed by atoms with Crippen LogP contribution in [0.25, 0.3) is 0 Å². The molecule has 0 saturated carbocycles. The zero-order chi connectivity index (χ0) is 15.5. The number of benzene rings is 1. The van der Waals surface area contributed by atoms with Crippen molar-refractivity contribution in [2.75, 3.05) is 5.32 Å². The highest BCUT2D eigenvalue weighted by Gasteiger charge is 2.35. The number of alkyl halides is 3. The average Bonchev–Trinajstić information content (AvgIpc) is 2.93. The molecule has 0 saturated heterocycles. The molecule has 0 spiro atoms. The average molecular weight is 352 g/mol. The summed E-state index contributed by atoms with van der Waals surface area (Å²) in [5, 5.41) is 5.06. The standard InChI is InChI=1S/C13H10Cl3FN2O2/c14-13(15,16)12(18-9-5-2-1-4-8(9)17)19-11(20)10-6-3-7-21-10/h1-7,12,18H,(H,19,20)/t12-/m1/s1. The van der Waals surface area contributed by atoms with Crippen LogP contribution in [-0.2, 0) is 0 Å². The first-order valence-electron chi connectivity index (χ1n) is 5.80. The third-order valence-electron chi connectivity index (χ3n) is 2.52. The summed E-state index contributed by atoms with van der Waals surface area (Å²) in [6.07, 6.45) is 0.181. The minimum absolute atomic E-state index is 0.0459. The maximum absolute atomic E-state index is 13.6. The lowest BCUT2D eigenvalue weighted by Gasteiger charge is -2.27. The number of hydrogen-bond donors (Lipinski definition) is 2. The van der Waals surface area contributed by atoms with Crippen LogP contribution in [0.15, 0.2) is 47.1 Å². The Hall–Kier alpha value is -1.43. The molecule has 1 aromatic heterocycles. The van der Waals surface area contributed by atoms with Gasteiger partial charge in [-0.3, -0.25) is 4.79 Å². The summed E-state index contributed by atoms with van der Waals surface area (Å²) in [4.78, 5) is 11.9. The van der Waals surface area contributed by atoms with Gasteiger partial charge in [-0.15, -0.1) is 0 Å². The van der Waals surface area contributed by atoms with E-state index >= 15 is 0 Å². The van der Waals surface area contributed by atoms with E-state index in [1.165, 1.54) is 30.5 Å². The fourth-order valence-corrected chi connectivity index (χ4v) is 1.87. The number of anilines is 1. The second kappa shape index (κ2) is 6.56. The number of halogens is 4. The Balaban J connectivity index is 2.16. The number of para-hydroxylation sites is 1. The Morgan fingerprint density at radius 1 is 1.19 bits per heavy atom. The van der Waals surface area contributed by atoms with Gasteiger partial charge in [0, 0.05) is 0 Å². The minimum atomic E-state index is -1.90. The lowest BCUT2D eigenvalue weighted by Crippen LogP contribution is -2.49. The number of furan rings is 1. The van der Waals surface area contributed by atoms with Crippen LogP contribution in [0.4, 0.5) is 10.1 Å². The first-order chi connectivity index (χ1) is 9.88. The highest BCUT2D eigenvalue weighted by Crippen LogP contribution is 2.31. The van der Waals surface area contributed by atoms with Gasteiger partial charge in [0.05, 0.1) is 12.0 Å². The van der Waals surface area contributed by atoms with Crippen LogP contribution in [0.2, 0.25) is 0 Å². The van der Waals surface area contributed by atoms with Crippen molar-refractivity contribution in [1.82, 2.24) is 5.32 Å². The zero-order valence-electron chi connectivity index (χ0n) is 10.4. The molecule has 0 aliphatic rings. The van der Waals surface area contributed by atoms with E-state index in [1.807, 2.05) is 0 Å². The molecule has 8 heteroatoms. The monoisotopic (exact) mass is 350 g/mol. The van der Waals surface area contributed by atoms with Crippen molar-refractivity contribution < 1.29 is 13.6 Å². The molecule has 112 valence electrons. The molecular formula is C13H10Cl3FN2O2. The van der Waals surface area contributed by atoms with Crippen molar-refractivity contribution in [1.29, 1.82) is 0 Å². The first kappa shape index (κ1) is 15.9. The molecule has 0 aliphatic carbocycles. The minimum Gasteiger partial charge on any atom is -0.459 e. The van der Waals surface area contributed by atoms with Crippen LogP contribution in [-0.4, -0.2) is 15.9 Å². The number of hydrogen-bond acceptors (Lipinski definition) is 3. The topological polar surface area (TPSA) is 54.3 Å². The van der Waals surface area contributed by atoms with E-state index in [0.29, 0.717) is 0 Å². The molecule has 1 aromatic carbocycles. The number of nitrogens with one attached hydrogen (secondary N) is 2. The van der Waals surface area contributed by atoms with Crippen LogP contribution >= 0.6 is 34.8 Å². The van der Waals surface area contributed by atoms with Gasteiger partial charge in [-0.1, -0.05) is 46.9 Å². The zero-order valence-corrected chi connectivity index (χ0v) is 12.7. The SMILES string of the molecule is O=C(N[C@@H](Nc1ccccc1F)C(Cl)(Cl)Cl)c1ccco1. The van der Waals surface area contributed by atoms with Crippen LogP contribution in [0.3, 0.4) is 0 Å². The normalized spacial score (nSPS) is 12.8. The van der Waals surface area contributed by atoms with E-state index < -0.39 is 21.7 Å². The summed E-state index contributed by atoms with van der Waals surface area (Å²) in [5.41, 5.74) is 0.0913. The summed E-state index contributed by atoms with van der Waals surface area (Å²) in [5.74, 6) is -1.09. The molecule has 2 aromatic rings. The van der Waals surface area contributed by atoms with E-state index in [0.717, 1.165) is 0 Å². The Morgan fingerprint density at radius 3 is 2.48 bits per heavy atom. The number of rotatable bonds is 4. The Kier molecular flexibility index (Phi) is 4.98. The van der Waals surface area contributed by atoms with Crippen molar-refractivity contribution in [2.45, 2.75) is 9.96 Å². The molecule has 1 atom stereocenters. The largest absolute Gasteiger partial charge is 0.459 e. The smallest absolute Gasteiger partial charge is 0.288 e. The maximum atomic E-state index is 13.6. The highest BCUT2D eigenvalue weighted by atomic mass is 35.6. The van der Waals surface area contributed by atoms with Gasteiger partial charge < -0.3 is 15.1 Å². The van der Waals surface area contributed by atoms with Gasteiger partial charge in [-0.25, -0.2) is 4.39 Å². The van der Waals surface area contributed by atoms with E-state index in [2.05, 4.69) is 10.6 Å². The molecule has 0 bridgehead atoms. The fraction of sp³-hybridized carbons (Fsp3) is 0.154. The Labute approximate surface area is 135 Å². The van der Waals surface area contributed by atoms with E-state index in [-0.39, 0.29) is 11.4 Å². The van der Waals surface area contributed by atoms with Gasteiger partial charge in [0.15, 0.2) is 5.76 Å². The predicted molar refractivity (Wildman–Crippen MR) is 80.3 cm³/mol. The van der Waals surface area contributed by atoms with E-state index in [1.54, 1.807) is 12.1 Å². The van der Waals surface area contributed by atoms with Crippen LogP contribution in [0.5, 0.6) is 0 Å². The summed E-state index contributed by atoms with van der Waals surface area (Å²) in [7, 11) is 0. The van der Waals surface area contributed by atoms with Gasteiger partial charge >= 0.3 is 0 Å². The molecule has 1 amide bonds. The number of carbonyl (C=O) groups excluding carboxylic acids is 1. The van der Waals surface area contributed by atoms with Crippen LogP contribution in [0, 0.1) is 5.82 Å². The van der Waals surface area contributed by atoms with Crippen molar-refractivity contribution in [3.05, 3.63) is 54.2 Å². The van der Waals surface area contributed by atoms with Crippen molar-refractivity contribution in [2.24, 2.45) is 0 Å². The predicted octanol–water partition coefficient (Wildman–Crippen LogP) is 3.96. The molecule has 0 radical (unpaired) electrons. The maximum Gasteiger partial charge on any atom is 0.288 e. The molecule has 1 heterocycles. The van der Waals surface area contributed by atoms with E-state index in [4.69, 9.17) is 39.2 Å². The van der Waals surface area contributed by atoms with Gasteiger partial charge in [0.1, 0.15) is 12.0 Å². The quantitative estimate of drug-likeness (QED) is 0.647. The van der Waals surface area contributed by atoms with Crippen LogP contribution < -0.4 is 10.6 Å². The molecular weight excluding hydrogens is 342 g/mol. The molecule has 0 aliphatic heterocycles. The van der Waals surface area contributed by atoms with Gasteiger partial charge in [-0.05, 0) is 24.3 Å². The summed E-state index contributed by atoms with van der Waals surface area (Å²) in [6, 6.07) is 8.82. The second-order valence-electron chi connectivity index (χ2n) is 4.05. The molecule has 0 fully saturated rings. The molecule has 21 heavy (non-hydrogen) atoms. The van der Waals surface area contributed by atoms with Gasteiger partial charge in [-0.2, -0.15) is 0 Å². The molecule has 0 unspecified atom stereocenters. The molecule has 4 nitrogen and oxygen atoms in total. The van der Waals surface area contributed by atoms with Gasteiger partial charge in [0.2, 0.25) is 3.79 Å². The lowest BCUT2D eigenvalue weighted by molar-refractivity contribution is 0.0914. The van der Waals surface area contributed by atoms with Crippen molar-refractivity contribution in [3.63, 3.8) is 0 Å². The number of amides is 1. The number of carbonyl (C=O) groups is 1. The first-order valence-corrected chi connectivity index (χ1v) is 6.93. The summed E-state index contributed by atoms with van der Waals surface area (Å²) in [6.45, 7) is 0.